The van der Waals surface area contributed by atoms with Crippen LogP contribution in [-0.4, -0.2) is 25.7 Å². The second-order valence-electron chi connectivity index (χ2n) is 6.30. The third kappa shape index (κ3) is 4.64. The summed E-state index contributed by atoms with van der Waals surface area (Å²) in [6, 6.07) is 16.8. The molecule has 9 heteroatoms. The zero-order valence-corrected chi connectivity index (χ0v) is 16.7. The maximum atomic E-state index is 13.1. The summed E-state index contributed by atoms with van der Waals surface area (Å²) < 4.78 is 17.7. The largest absolute Gasteiger partial charge is 0.321 e. The Labute approximate surface area is 176 Å². The van der Waals surface area contributed by atoms with Crippen LogP contribution in [0, 0.1) is 5.82 Å². The van der Waals surface area contributed by atoms with Crippen LogP contribution < -0.4 is 10.0 Å². The number of anilines is 2. The average Bonchev–Trinajstić information content (AvgIpc) is 3.16. The maximum absolute atomic E-state index is 13.1. The van der Waals surface area contributed by atoms with Crippen molar-refractivity contribution in [3.05, 3.63) is 84.6 Å². The molecular weight excluding hydrogens is 403 g/mol. The molecule has 0 saturated carbocycles. The van der Waals surface area contributed by atoms with Crippen LogP contribution in [0.1, 0.15) is 10.5 Å². The number of hydrogen-bond donors (Lipinski definition) is 2. The molecule has 150 valence electrons. The molecular formula is C21H17FN6OS. The zero-order chi connectivity index (χ0) is 20.9. The van der Waals surface area contributed by atoms with E-state index in [9.17, 15) is 9.18 Å². The number of benzene rings is 2. The summed E-state index contributed by atoms with van der Waals surface area (Å²) in [5, 5.41) is 7.21. The molecule has 4 aromatic rings. The summed E-state index contributed by atoms with van der Waals surface area (Å²) >= 11 is 1.37. The minimum Gasteiger partial charge on any atom is -0.321 e. The molecule has 2 aromatic heterocycles. The number of amides is 1. The van der Waals surface area contributed by atoms with Crippen molar-refractivity contribution < 1.29 is 9.18 Å². The Morgan fingerprint density at radius 3 is 2.43 bits per heavy atom. The highest BCUT2D eigenvalue weighted by Gasteiger charge is 2.14. The minimum absolute atomic E-state index is 0.283. The van der Waals surface area contributed by atoms with Gasteiger partial charge in [-0.15, -0.1) is 0 Å². The Balaban J connectivity index is 1.40. The molecule has 0 aliphatic carbocycles. The molecule has 0 aliphatic rings. The van der Waals surface area contributed by atoms with Gasteiger partial charge < -0.3 is 5.32 Å². The van der Waals surface area contributed by atoms with E-state index < -0.39 is 0 Å². The SMILES string of the molecule is Cn1nc(-c2ccc(F)cc2)cc1C(=O)Nc1ccc(SNc2ncccn2)cc1. The molecule has 2 aromatic carbocycles. The fourth-order valence-electron chi connectivity index (χ4n) is 2.70. The third-order valence-corrected chi connectivity index (χ3v) is 4.98. The van der Waals surface area contributed by atoms with Crippen LogP contribution in [0.3, 0.4) is 0 Å². The van der Waals surface area contributed by atoms with Gasteiger partial charge in [0.2, 0.25) is 5.95 Å². The van der Waals surface area contributed by atoms with E-state index in [0.717, 1.165) is 10.5 Å². The van der Waals surface area contributed by atoms with E-state index in [1.807, 2.05) is 24.3 Å². The summed E-state index contributed by atoms with van der Waals surface area (Å²) in [7, 11) is 1.69. The van der Waals surface area contributed by atoms with Gasteiger partial charge in [0.15, 0.2) is 0 Å². The molecule has 0 atom stereocenters. The van der Waals surface area contributed by atoms with Crippen molar-refractivity contribution in [2.24, 2.45) is 7.05 Å². The molecule has 0 bridgehead atoms. The number of hydrogen-bond acceptors (Lipinski definition) is 6. The molecule has 0 saturated heterocycles. The van der Waals surface area contributed by atoms with E-state index in [4.69, 9.17) is 0 Å². The molecule has 0 aliphatic heterocycles. The van der Waals surface area contributed by atoms with E-state index in [1.165, 1.54) is 28.8 Å². The molecule has 4 rings (SSSR count). The first-order valence-electron chi connectivity index (χ1n) is 9.00. The summed E-state index contributed by atoms with van der Waals surface area (Å²) in [6.45, 7) is 0. The first-order chi connectivity index (χ1) is 14.6. The smallest absolute Gasteiger partial charge is 0.273 e. The number of nitrogens with zero attached hydrogens (tertiary/aromatic N) is 4. The van der Waals surface area contributed by atoms with Gasteiger partial charge >= 0.3 is 0 Å². The normalized spacial score (nSPS) is 10.6. The summed E-state index contributed by atoms with van der Waals surface area (Å²) in [5.41, 5.74) is 2.39. The topological polar surface area (TPSA) is 84.7 Å². The van der Waals surface area contributed by atoms with E-state index in [1.54, 1.807) is 43.7 Å². The van der Waals surface area contributed by atoms with Gasteiger partial charge in [-0.2, -0.15) is 5.10 Å². The molecule has 0 fully saturated rings. The number of aryl methyl sites for hydroxylation is 1. The van der Waals surface area contributed by atoms with E-state index in [0.29, 0.717) is 23.0 Å². The van der Waals surface area contributed by atoms with Gasteiger partial charge in [-0.25, -0.2) is 14.4 Å². The second kappa shape index (κ2) is 8.75. The molecule has 30 heavy (non-hydrogen) atoms. The highest BCUT2D eigenvalue weighted by molar-refractivity contribution is 8.00. The lowest BCUT2D eigenvalue weighted by Gasteiger charge is -2.07. The van der Waals surface area contributed by atoms with Gasteiger partial charge in [0.1, 0.15) is 11.5 Å². The van der Waals surface area contributed by atoms with Crippen molar-refractivity contribution in [3.8, 4) is 11.3 Å². The minimum atomic E-state index is -0.319. The fourth-order valence-corrected chi connectivity index (χ4v) is 3.29. The number of carbonyl (C=O) groups excluding carboxylic acids is 1. The molecule has 7 nitrogen and oxygen atoms in total. The van der Waals surface area contributed by atoms with Crippen LogP contribution >= 0.6 is 11.9 Å². The molecule has 0 unspecified atom stereocenters. The van der Waals surface area contributed by atoms with Crippen molar-refractivity contribution in [1.82, 2.24) is 19.7 Å². The molecule has 2 heterocycles. The predicted octanol–water partition coefficient (Wildman–Crippen LogP) is 4.39. The van der Waals surface area contributed by atoms with E-state index in [2.05, 4.69) is 25.1 Å². The molecule has 0 radical (unpaired) electrons. The average molecular weight is 420 g/mol. The standard InChI is InChI=1S/C21H17FN6OS/c1-28-19(13-18(26-28)14-3-5-15(22)6-4-14)20(29)25-16-7-9-17(10-8-16)30-27-21-23-11-2-12-24-21/h2-13H,1H3,(H,25,29)(H,23,24,27). The van der Waals surface area contributed by atoms with Crippen LogP contribution in [0.15, 0.2) is 78.0 Å². The van der Waals surface area contributed by atoms with Crippen LogP contribution in [-0.2, 0) is 7.05 Å². The second-order valence-corrected chi connectivity index (χ2v) is 7.18. The van der Waals surface area contributed by atoms with Gasteiger partial charge in [0.25, 0.3) is 5.91 Å². The molecule has 2 N–H and O–H groups in total. The Morgan fingerprint density at radius 2 is 1.73 bits per heavy atom. The van der Waals surface area contributed by atoms with Crippen molar-refractivity contribution in [2.75, 3.05) is 10.0 Å². The highest BCUT2D eigenvalue weighted by atomic mass is 32.2. The summed E-state index contributed by atoms with van der Waals surface area (Å²) in [5.74, 6) is -0.0802. The number of rotatable bonds is 6. The Hall–Kier alpha value is -3.72. The van der Waals surface area contributed by atoms with Crippen LogP contribution in [0.4, 0.5) is 16.0 Å². The van der Waals surface area contributed by atoms with E-state index >= 15 is 0 Å². The van der Waals surface area contributed by atoms with Gasteiger partial charge in [-0.05, 0) is 72.6 Å². The van der Waals surface area contributed by atoms with Crippen LogP contribution in [0.25, 0.3) is 11.3 Å². The quantitative estimate of drug-likeness (QED) is 0.450. The highest BCUT2D eigenvalue weighted by Crippen LogP contribution is 2.22. The first kappa shape index (κ1) is 19.6. The van der Waals surface area contributed by atoms with Crippen LogP contribution in [0.5, 0.6) is 0 Å². The Morgan fingerprint density at radius 1 is 1.03 bits per heavy atom. The van der Waals surface area contributed by atoms with Crippen molar-refractivity contribution in [2.45, 2.75) is 4.90 Å². The Kier molecular flexibility index (Phi) is 5.71. The lowest BCUT2D eigenvalue weighted by Crippen LogP contribution is -2.15. The van der Waals surface area contributed by atoms with Crippen molar-refractivity contribution >= 4 is 29.5 Å². The first-order valence-corrected chi connectivity index (χ1v) is 9.81. The molecule has 1 amide bonds. The number of carbonyl (C=O) groups is 1. The monoisotopic (exact) mass is 420 g/mol. The van der Waals surface area contributed by atoms with Gasteiger partial charge in [-0.1, -0.05) is 0 Å². The zero-order valence-electron chi connectivity index (χ0n) is 15.9. The fraction of sp³-hybridized carbons (Fsp3) is 0.0476. The number of aromatic nitrogens is 4. The number of halogens is 1. The predicted molar refractivity (Wildman–Crippen MR) is 115 cm³/mol. The Bertz CT molecular complexity index is 1150. The number of nitrogens with one attached hydrogen (secondary N) is 2. The van der Waals surface area contributed by atoms with Gasteiger partial charge in [-0.3, -0.25) is 14.2 Å². The van der Waals surface area contributed by atoms with Crippen LogP contribution in [0.2, 0.25) is 0 Å². The maximum Gasteiger partial charge on any atom is 0.273 e. The lowest BCUT2D eigenvalue weighted by atomic mass is 10.1. The summed E-state index contributed by atoms with van der Waals surface area (Å²) in [6.07, 6.45) is 3.32. The van der Waals surface area contributed by atoms with Gasteiger partial charge in [0.05, 0.1) is 5.69 Å². The lowest BCUT2D eigenvalue weighted by molar-refractivity contribution is 0.101. The van der Waals surface area contributed by atoms with Crippen molar-refractivity contribution in [1.29, 1.82) is 0 Å². The third-order valence-electron chi connectivity index (χ3n) is 4.19. The summed E-state index contributed by atoms with van der Waals surface area (Å²) in [4.78, 5) is 21.8. The van der Waals surface area contributed by atoms with Gasteiger partial charge in [0, 0.05) is 35.6 Å². The van der Waals surface area contributed by atoms with Crippen molar-refractivity contribution in [3.63, 3.8) is 0 Å². The van der Waals surface area contributed by atoms with E-state index in [-0.39, 0.29) is 11.7 Å². The molecule has 0 spiro atoms.